The zero-order valence-corrected chi connectivity index (χ0v) is 12.9. The van der Waals surface area contributed by atoms with Gasteiger partial charge in [0.15, 0.2) is 5.76 Å². The van der Waals surface area contributed by atoms with E-state index in [1.54, 1.807) is 12.1 Å². The molecule has 5 nitrogen and oxygen atoms in total. The van der Waals surface area contributed by atoms with Crippen molar-refractivity contribution in [2.45, 2.75) is 26.8 Å². The summed E-state index contributed by atoms with van der Waals surface area (Å²) < 4.78 is 5.04. The van der Waals surface area contributed by atoms with Gasteiger partial charge in [-0.05, 0) is 37.1 Å². The van der Waals surface area contributed by atoms with E-state index < -0.39 is 11.9 Å². The second-order valence-corrected chi connectivity index (χ2v) is 5.53. The lowest BCUT2D eigenvalue weighted by Gasteiger charge is -2.21. The van der Waals surface area contributed by atoms with Crippen molar-refractivity contribution in [3.8, 4) is 0 Å². The van der Waals surface area contributed by atoms with E-state index in [9.17, 15) is 9.59 Å². The van der Waals surface area contributed by atoms with Crippen LogP contribution >= 0.6 is 0 Å². The van der Waals surface area contributed by atoms with Crippen LogP contribution in [0.3, 0.4) is 0 Å². The molecule has 1 aromatic heterocycles. The maximum absolute atomic E-state index is 12.4. The number of amides is 2. The molecular formula is C17H20N2O3. The fraction of sp³-hybridized carbons (Fsp3) is 0.294. The third-order valence-electron chi connectivity index (χ3n) is 3.30. The topological polar surface area (TPSA) is 71.3 Å². The highest BCUT2D eigenvalue weighted by Gasteiger charge is 2.25. The van der Waals surface area contributed by atoms with Crippen LogP contribution in [0.4, 0.5) is 5.69 Å². The van der Waals surface area contributed by atoms with E-state index in [2.05, 4.69) is 10.6 Å². The van der Waals surface area contributed by atoms with E-state index in [0.717, 1.165) is 5.56 Å². The van der Waals surface area contributed by atoms with Crippen molar-refractivity contribution >= 4 is 17.5 Å². The van der Waals surface area contributed by atoms with E-state index in [0.29, 0.717) is 5.69 Å². The first kappa shape index (κ1) is 15.8. The fourth-order valence-electron chi connectivity index (χ4n) is 2.01. The number of nitrogens with one attached hydrogen (secondary N) is 2. The summed E-state index contributed by atoms with van der Waals surface area (Å²) in [6.45, 7) is 5.73. The third-order valence-corrected chi connectivity index (χ3v) is 3.30. The highest BCUT2D eigenvalue weighted by molar-refractivity contribution is 6.00. The largest absolute Gasteiger partial charge is 0.459 e. The number of anilines is 1. The molecule has 0 saturated heterocycles. The highest BCUT2D eigenvalue weighted by atomic mass is 16.3. The number of benzene rings is 1. The van der Waals surface area contributed by atoms with Crippen molar-refractivity contribution in [1.29, 1.82) is 0 Å². The van der Waals surface area contributed by atoms with E-state index in [4.69, 9.17) is 4.42 Å². The van der Waals surface area contributed by atoms with Gasteiger partial charge < -0.3 is 15.1 Å². The summed E-state index contributed by atoms with van der Waals surface area (Å²) in [5.74, 6) is -0.514. The van der Waals surface area contributed by atoms with Crippen molar-refractivity contribution in [2.24, 2.45) is 5.92 Å². The molecule has 2 aromatic rings. The summed E-state index contributed by atoms with van der Waals surface area (Å²) in [5, 5.41) is 5.52. The Hall–Kier alpha value is -2.56. The molecule has 0 aliphatic heterocycles. The SMILES string of the molecule is Cc1ccc(NC(=O)[C@@H](NC(=O)c2ccco2)C(C)C)cc1. The smallest absolute Gasteiger partial charge is 0.287 e. The first-order valence-electron chi connectivity index (χ1n) is 7.19. The van der Waals surface area contributed by atoms with Crippen LogP contribution in [-0.4, -0.2) is 17.9 Å². The number of furan rings is 1. The van der Waals surface area contributed by atoms with Gasteiger partial charge >= 0.3 is 0 Å². The quantitative estimate of drug-likeness (QED) is 0.891. The molecule has 0 aliphatic carbocycles. The Labute approximate surface area is 129 Å². The third kappa shape index (κ3) is 3.97. The average molecular weight is 300 g/mol. The number of carbonyl (C=O) groups is 2. The molecule has 116 valence electrons. The van der Waals surface area contributed by atoms with Crippen molar-refractivity contribution in [3.63, 3.8) is 0 Å². The molecule has 2 rings (SSSR count). The molecule has 1 atom stereocenters. The summed E-state index contributed by atoms with van der Waals surface area (Å²) >= 11 is 0. The van der Waals surface area contributed by atoms with Gasteiger partial charge in [-0.15, -0.1) is 0 Å². The van der Waals surface area contributed by atoms with Crippen LogP contribution in [-0.2, 0) is 4.79 Å². The number of hydrogen-bond donors (Lipinski definition) is 2. The maximum Gasteiger partial charge on any atom is 0.287 e. The van der Waals surface area contributed by atoms with Crippen LogP contribution in [0.15, 0.2) is 47.1 Å². The second-order valence-electron chi connectivity index (χ2n) is 5.53. The van der Waals surface area contributed by atoms with Gasteiger partial charge in [-0.1, -0.05) is 31.5 Å². The zero-order chi connectivity index (χ0) is 16.1. The van der Waals surface area contributed by atoms with Crippen LogP contribution in [0, 0.1) is 12.8 Å². The first-order valence-corrected chi connectivity index (χ1v) is 7.19. The normalized spacial score (nSPS) is 12.0. The minimum absolute atomic E-state index is 0.0515. The second kappa shape index (κ2) is 6.93. The average Bonchev–Trinajstić information content (AvgIpc) is 3.00. The molecule has 2 amide bonds. The molecule has 2 N–H and O–H groups in total. The van der Waals surface area contributed by atoms with Crippen molar-refractivity contribution in [3.05, 3.63) is 54.0 Å². The number of carbonyl (C=O) groups excluding carboxylic acids is 2. The van der Waals surface area contributed by atoms with Crippen LogP contribution in [0.5, 0.6) is 0 Å². The number of aryl methyl sites for hydroxylation is 1. The lowest BCUT2D eigenvalue weighted by molar-refractivity contribution is -0.118. The van der Waals surface area contributed by atoms with Gasteiger partial charge in [0.25, 0.3) is 5.91 Å². The summed E-state index contributed by atoms with van der Waals surface area (Å²) in [6, 6.07) is 10.1. The molecule has 1 aromatic carbocycles. The Morgan fingerprint density at radius 2 is 1.77 bits per heavy atom. The predicted molar refractivity (Wildman–Crippen MR) is 84.6 cm³/mol. The Morgan fingerprint density at radius 3 is 2.32 bits per heavy atom. The van der Waals surface area contributed by atoms with Crippen LogP contribution in [0.1, 0.15) is 30.0 Å². The van der Waals surface area contributed by atoms with Gasteiger partial charge in [0, 0.05) is 5.69 Å². The molecule has 0 aliphatic rings. The molecule has 0 spiro atoms. The predicted octanol–water partition coefficient (Wildman–Crippen LogP) is 2.98. The van der Waals surface area contributed by atoms with Crippen LogP contribution in [0.2, 0.25) is 0 Å². The summed E-state index contributed by atoms with van der Waals surface area (Å²) in [7, 11) is 0. The molecule has 0 radical (unpaired) electrons. The van der Waals surface area contributed by atoms with Crippen LogP contribution < -0.4 is 10.6 Å². The molecule has 0 saturated carbocycles. The Morgan fingerprint density at radius 1 is 1.09 bits per heavy atom. The van der Waals surface area contributed by atoms with Gasteiger partial charge in [0.1, 0.15) is 6.04 Å². The van der Waals surface area contributed by atoms with Gasteiger partial charge in [0.2, 0.25) is 5.91 Å². The van der Waals surface area contributed by atoms with Crippen LogP contribution in [0.25, 0.3) is 0 Å². The first-order chi connectivity index (χ1) is 10.5. The molecule has 22 heavy (non-hydrogen) atoms. The molecule has 0 bridgehead atoms. The lowest BCUT2D eigenvalue weighted by atomic mass is 10.0. The minimum Gasteiger partial charge on any atom is -0.459 e. The summed E-state index contributed by atoms with van der Waals surface area (Å²) in [6.07, 6.45) is 1.42. The van der Waals surface area contributed by atoms with E-state index in [1.807, 2.05) is 45.0 Å². The Balaban J connectivity index is 2.05. The van der Waals surface area contributed by atoms with Gasteiger partial charge in [0.05, 0.1) is 6.26 Å². The summed E-state index contributed by atoms with van der Waals surface area (Å²) in [4.78, 5) is 24.4. The maximum atomic E-state index is 12.4. The standard InChI is InChI=1S/C17H20N2O3/c1-11(2)15(19-16(20)14-5-4-10-22-14)17(21)18-13-8-6-12(3)7-9-13/h4-11,15H,1-3H3,(H,18,21)(H,19,20)/t15-/m0/s1. The number of rotatable bonds is 5. The van der Waals surface area contributed by atoms with E-state index in [-0.39, 0.29) is 17.6 Å². The Kier molecular flexibility index (Phi) is 4.99. The van der Waals surface area contributed by atoms with Gasteiger partial charge in [-0.3, -0.25) is 9.59 Å². The molecule has 0 fully saturated rings. The summed E-state index contributed by atoms with van der Waals surface area (Å²) in [5.41, 5.74) is 1.82. The van der Waals surface area contributed by atoms with Crippen molar-refractivity contribution < 1.29 is 14.0 Å². The van der Waals surface area contributed by atoms with Gasteiger partial charge in [-0.25, -0.2) is 0 Å². The lowest BCUT2D eigenvalue weighted by Crippen LogP contribution is -2.47. The monoisotopic (exact) mass is 300 g/mol. The van der Waals surface area contributed by atoms with E-state index >= 15 is 0 Å². The van der Waals surface area contributed by atoms with Crippen molar-refractivity contribution in [1.82, 2.24) is 5.32 Å². The highest BCUT2D eigenvalue weighted by Crippen LogP contribution is 2.12. The van der Waals surface area contributed by atoms with Crippen molar-refractivity contribution in [2.75, 3.05) is 5.32 Å². The molecule has 0 unspecified atom stereocenters. The van der Waals surface area contributed by atoms with E-state index in [1.165, 1.54) is 6.26 Å². The molecule has 5 heteroatoms. The number of hydrogen-bond acceptors (Lipinski definition) is 3. The minimum atomic E-state index is -0.640. The molecular weight excluding hydrogens is 280 g/mol. The Bertz CT molecular complexity index is 630. The zero-order valence-electron chi connectivity index (χ0n) is 12.9. The fourth-order valence-corrected chi connectivity index (χ4v) is 2.01. The van der Waals surface area contributed by atoms with Gasteiger partial charge in [-0.2, -0.15) is 0 Å². The molecule has 1 heterocycles.